The number of morpholine rings is 1. The van der Waals surface area contributed by atoms with E-state index >= 15 is 0 Å². The SMILES string of the molecule is Cc1c(CN2CCO[C@H](c3ccc(Cc4ccccc4Cl)cn3)C2)cnn1C. The summed E-state index contributed by atoms with van der Waals surface area (Å²) in [5.41, 5.74) is 5.73. The van der Waals surface area contributed by atoms with Gasteiger partial charge in [0.1, 0.15) is 6.10 Å². The fourth-order valence-electron chi connectivity index (χ4n) is 3.56. The zero-order valence-corrected chi connectivity index (χ0v) is 17.1. The van der Waals surface area contributed by atoms with Crippen molar-refractivity contribution in [3.05, 3.63) is 81.9 Å². The Morgan fingerprint density at radius 2 is 2.00 bits per heavy atom. The topological polar surface area (TPSA) is 43.2 Å². The van der Waals surface area contributed by atoms with Gasteiger partial charge < -0.3 is 4.74 Å². The Balaban J connectivity index is 1.41. The first kappa shape index (κ1) is 19.1. The van der Waals surface area contributed by atoms with Crippen LogP contribution in [0.5, 0.6) is 0 Å². The Hall–Kier alpha value is -2.21. The van der Waals surface area contributed by atoms with Gasteiger partial charge in [-0.05, 0) is 30.2 Å². The molecule has 3 aromatic rings. The van der Waals surface area contributed by atoms with Crippen LogP contribution in [0.2, 0.25) is 5.02 Å². The van der Waals surface area contributed by atoms with Gasteiger partial charge in [0.2, 0.25) is 0 Å². The van der Waals surface area contributed by atoms with Crippen molar-refractivity contribution < 1.29 is 4.74 Å². The molecule has 2 aromatic heterocycles. The van der Waals surface area contributed by atoms with Gasteiger partial charge in [-0.25, -0.2) is 0 Å². The molecule has 3 heterocycles. The maximum absolute atomic E-state index is 6.27. The van der Waals surface area contributed by atoms with Crippen LogP contribution in [0, 0.1) is 6.92 Å². The summed E-state index contributed by atoms with van der Waals surface area (Å²) in [6.07, 6.45) is 4.68. The molecule has 5 nitrogen and oxygen atoms in total. The quantitative estimate of drug-likeness (QED) is 0.655. The van der Waals surface area contributed by atoms with E-state index in [4.69, 9.17) is 16.3 Å². The molecule has 0 aliphatic carbocycles. The number of hydrogen-bond donors (Lipinski definition) is 0. The Labute approximate surface area is 170 Å². The summed E-state index contributed by atoms with van der Waals surface area (Å²) >= 11 is 6.27. The molecule has 4 rings (SSSR count). The van der Waals surface area contributed by atoms with Gasteiger partial charge in [-0.15, -0.1) is 0 Å². The summed E-state index contributed by atoms with van der Waals surface area (Å²) in [6, 6.07) is 12.1. The fraction of sp³-hybridized carbons (Fsp3) is 0.364. The fourth-order valence-corrected chi connectivity index (χ4v) is 3.76. The van der Waals surface area contributed by atoms with Crippen molar-refractivity contribution >= 4 is 11.6 Å². The summed E-state index contributed by atoms with van der Waals surface area (Å²) in [5, 5.41) is 5.14. The molecule has 1 atom stereocenters. The highest BCUT2D eigenvalue weighted by Gasteiger charge is 2.24. The van der Waals surface area contributed by atoms with Crippen LogP contribution in [0.4, 0.5) is 0 Å². The average molecular weight is 397 g/mol. The number of rotatable bonds is 5. The van der Waals surface area contributed by atoms with Gasteiger partial charge in [0.25, 0.3) is 0 Å². The largest absolute Gasteiger partial charge is 0.369 e. The number of pyridine rings is 1. The van der Waals surface area contributed by atoms with Crippen molar-refractivity contribution in [2.75, 3.05) is 19.7 Å². The van der Waals surface area contributed by atoms with Gasteiger partial charge in [0.05, 0.1) is 18.5 Å². The molecule has 0 saturated carbocycles. The van der Waals surface area contributed by atoms with E-state index in [0.29, 0.717) is 6.61 Å². The maximum Gasteiger partial charge on any atom is 0.112 e. The molecule has 146 valence electrons. The Kier molecular flexibility index (Phi) is 5.76. The number of aromatic nitrogens is 3. The summed E-state index contributed by atoms with van der Waals surface area (Å²) in [7, 11) is 1.98. The number of nitrogens with zero attached hydrogens (tertiary/aromatic N) is 4. The lowest BCUT2D eigenvalue weighted by molar-refractivity contribution is -0.0350. The molecule has 0 bridgehead atoms. The number of halogens is 1. The van der Waals surface area contributed by atoms with Gasteiger partial charge in [-0.2, -0.15) is 5.10 Å². The first-order valence-corrected chi connectivity index (χ1v) is 9.97. The summed E-state index contributed by atoms with van der Waals surface area (Å²) < 4.78 is 7.92. The van der Waals surface area contributed by atoms with Crippen LogP contribution in [0.25, 0.3) is 0 Å². The van der Waals surface area contributed by atoms with Crippen molar-refractivity contribution in [1.29, 1.82) is 0 Å². The van der Waals surface area contributed by atoms with E-state index < -0.39 is 0 Å². The van der Waals surface area contributed by atoms with Crippen LogP contribution in [-0.2, 0) is 24.8 Å². The summed E-state index contributed by atoms with van der Waals surface area (Å²) in [4.78, 5) is 7.09. The molecular weight excluding hydrogens is 372 g/mol. The highest BCUT2D eigenvalue weighted by molar-refractivity contribution is 6.31. The number of ether oxygens (including phenoxy) is 1. The molecule has 0 unspecified atom stereocenters. The summed E-state index contributed by atoms with van der Waals surface area (Å²) in [6.45, 7) is 5.48. The van der Waals surface area contributed by atoms with E-state index in [1.165, 1.54) is 11.3 Å². The molecular formula is C22H25ClN4O. The van der Waals surface area contributed by atoms with Crippen molar-refractivity contribution in [1.82, 2.24) is 19.7 Å². The van der Waals surface area contributed by atoms with Crippen LogP contribution < -0.4 is 0 Å². The molecule has 28 heavy (non-hydrogen) atoms. The highest BCUT2D eigenvalue weighted by Crippen LogP contribution is 2.24. The third kappa shape index (κ3) is 4.27. The van der Waals surface area contributed by atoms with Gasteiger partial charge in [-0.3, -0.25) is 14.6 Å². The van der Waals surface area contributed by atoms with Crippen LogP contribution >= 0.6 is 11.6 Å². The minimum Gasteiger partial charge on any atom is -0.369 e. The van der Waals surface area contributed by atoms with E-state index in [9.17, 15) is 0 Å². The standard InChI is InChI=1S/C22H25ClN4O/c1-16-19(13-25-26(16)2)14-27-9-10-28-22(15-27)21-8-7-17(12-24-21)11-18-5-3-4-6-20(18)23/h3-8,12-13,22H,9-11,14-15H2,1-2H3/t22-/m0/s1. The zero-order valence-electron chi connectivity index (χ0n) is 16.3. The molecule has 1 aliphatic rings. The third-order valence-electron chi connectivity index (χ3n) is 5.41. The number of aryl methyl sites for hydroxylation is 1. The highest BCUT2D eigenvalue weighted by atomic mass is 35.5. The van der Waals surface area contributed by atoms with Crippen LogP contribution in [0.15, 0.2) is 48.8 Å². The normalized spacial score (nSPS) is 17.8. The number of hydrogen-bond acceptors (Lipinski definition) is 4. The number of benzene rings is 1. The molecule has 0 radical (unpaired) electrons. The van der Waals surface area contributed by atoms with Crippen LogP contribution in [-0.4, -0.2) is 39.4 Å². The van der Waals surface area contributed by atoms with Crippen molar-refractivity contribution in [2.24, 2.45) is 7.05 Å². The summed E-state index contributed by atoms with van der Waals surface area (Å²) in [5.74, 6) is 0. The van der Waals surface area contributed by atoms with Crippen molar-refractivity contribution in [2.45, 2.75) is 26.0 Å². The smallest absolute Gasteiger partial charge is 0.112 e. The minimum atomic E-state index is 0.0000841. The third-order valence-corrected chi connectivity index (χ3v) is 5.78. The van der Waals surface area contributed by atoms with Gasteiger partial charge in [-0.1, -0.05) is 35.9 Å². The zero-order chi connectivity index (χ0) is 19.5. The van der Waals surface area contributed by atoms with E-state index in [2.05, 4.69) is 40.1 Å². The maximum atomic E-state index is 6.27. The molecule has 1 saturated heterocycles. The molecule has 1 aromatic carbocycles. The monoisotopic (exact) mass is 396 g/mol. The second-order valence-corrected chi connectivity index (χ2v) is 7.74. The second kappa shape index (κ2) is 8.43. The Bertz CT molecular complexity index is 938. The predicted molar refractivity (Wildman–Crippen MR) is 110 cm³/mol. The van der Waals surface area contributed by atoms with Gasteiger partial charge in [0, 0.05) is 55.6 Å². The second-order valence-electron chi connectivity index (χ2n) is 7.33. The Morgan fingerprint density at radius 1 is 1.14 bits per heavy atom. The molecule has 6 heteroatoms. The molecule has 0 amide bonds. The predicted octanol–water partition coefficient (Wildman–Crippen LogP) is 3.94. The first-order valence-electron chi connectivity index (χ1n) is 9.60. The van der Waals surface area contributed by atoms with Crippen molar-refractivity contribution in [3.8, 4) is 0 Å². The van der Waals surface area contributed by atoms with Crippen LogP contribution in [0.3, 0.4) is 0 Å². The molecule has 0 N–H and O–H groups in total. The Morgan fingerprint density at radius 3 is 2.71 bits per heavy atom. The molecule has 0 spiro atoms. The first-order chi connectivity index (χ1) is 13.6. The molecule has 1 aliphatic heterocycles. The lowest BCUT2D eigenvalue weighted by Crippen LogP contribution is -2.38. The average Bonchev–Trinajstić information content (AvgIpc) is 3.03. The molecule has 1 fully saturated rings. The van der Waals surface area contributed by atoms with Crippen molar-refractivity contribution in [3.63, 3.8) is 0 Å². The van der Waals surface area contributed by atoms with E-state index in [-0.39, 0.29) is 6.10 Å². The van der Waals surface area contributed by atoms with Gasteiger partial charge in [0.15, 0.2) is 0 Å². The lowest BCUT2D eigenvalue weighted by Gasteiger charge is -2.32. The lowest BCUT2D eigenvalue weighted by atomic mass is 10.1. The van der Waals surface area contributed by atoms with Crippen LogP contribution in [0.1, 0.15) is 34.2 Å². The minimum absolute atomic E-state index is 0.0000841. The van der Waals surface area contributed by atoms with E-state index in [1.54, 1.807) is 0 Å². The van der Waals surface area contributed by atoms with E-state index in [0.717, 1.165) is 47.9 Å². The van der Waals surface area contributed by atoms with E-state index in [1.807, 2.05) is 42.3 Å². The van der Waals surface area contributed by atoms with Gasteiger partial charge >= 0.3 is 0 Å².